The molecule has 0 radical (unpaired) electrons. The fourth-order valence-corrected chi connectivity index (χ4v) is 1.91. The Bertz CT molecular complexity index is 427. The van der Waals surface area contributed by atoms with Crippen LogP contribution in [0.4, 0.5) is 0 Å². The number of benzene rings is 1. The number of nitrogens with two attached hydrogens (primary N) is 1. The SMILES string of the molecule is NNC(c1ccccc1)c1occc1Br. The molecule has 15 heavy (non-hydrogen) atoms. The Kier molecular flexibility index (Phi) is 3.20. The summed E-state index contributed by atoms with van der Waals surface area (Å²) < 4.78 is 6.29. The first-order chi connectivity index (χ1) is 7.33. The molecule has 1 heterocycles. The summed E-state index contributed by atoms with van der Waals surface area (Å²) in [6, 6.07) is 11.6. The van der Waals surface area contributed by atoms with Crippen molar-refractivity contribution >= 4 is 15.9 Å². The van der Waals surface area contributed by atoms with E-state index < -0.39 is 0 Å². The lowest BCUT2D eigenvalue weighted by Gasteiger charge is -2.14. The average molecular weight is 267 g/mol. The van der Waals surface area contributed by atoms with Gasteiger partial charge in [0, 0.05) is 0 Å². The molecule has 1 atom stereocenters. The topological polar surface area (TPSA) is 51.2 Å². The molecule has 0 saturated carbocycles. The molecule has 0 aliphatic rings. The van der Waals surface area contributed by atoms with Crippen LogP contribution in [0.5, 0.6) is 0 Å². The molecule has 3 N–H and O–H groups in total. The van der Waals surface area contributed by atoms with Crippen LogP contribution in [0.1, 0.15) is 17.4 Å². The summed E-state index contributed by atoms with van der Waals surface area (Å²) in [5.41, 5.74) is 3.80. The van der Waals surface area contributed by atoms with Crippen LogP contribution in [0, 0.1) is 0 Å². The molecule has 0 fully saturated rings. The molecule has 4 heteroatoms. The molecule has 1 unspecified atom stereocenters. The molecule has 0 aliphatic heterocycles. The second-order valence-electron chi connectivity index (χ2n) is 3.14. The van der Waals surface area contributed by atoms with Gasteiger partial charge in [0.1, 0.15) is 11.8 Å². The van der Waals surface area contributed by atoms with E-state index in [0.29, 0.717) is 0 Å². The minimum absolute atomic E-state index is 0.129. The van der Waals surface area contributed by atoms with Gasteiger partial charge in [-0.15, -0.1) is 0 Å². The molecule has 2 aromatic rings. The van der Waals surface area contributed by atoms with E-state index in [1.807, 2.05) is 36.4 Å². The van der Waals surface area contributed by atoms with Gasteiger partial charge in [-0.05, 0) is 27.6 Å². The van der Waals surface area contributed by atoms with E-state index >= 15 is 0 Å². The summed E-state index contributed by atoms with van der Waals surface area (Å²) in [6.07, 6.45) is 1.63. The largest absolute Gasteiger partial charge is 0.466 e. The smallest absolute Gasteiger partial charge is 0.140 e. The minimum atomic E-state index is -0.129. The summed E-state index contributed by atoms with van der Waals surface area (Å²) in [6.45, 7) is 0. The van der Waals surface area contributed by atoms with E-state index in [1.165, 1.54) is 0 Å². The molecule has 0 amide bonds. The first-order valence-electron chi connectivity index (χ1n) is 4.57. The van der Waals surface area contributed by atoms with Crippen LogP contribution >= 0.6 is 15.9 Å². The maximum atomic E-state index is 5.53. The van der Waals surface area contributed by atoms with Crippen LogP contribution in [0.3, 0.4) is 0 Å². The molecule has 0 aliphatic carbocycles. The lowest BCUT2D eigenvalue weighted by atomic mass is 10.1. The summed E-state index contributed by atoms with van der Waals surface area (Å²) in [7, 11) is 0. The van der Waals surface area contributed by atoms with Crippen molar-refractivity contribution in [3.8, 4) is 0 Å². The summed E-state index contributed by atoms with van der Waals surface area (Å²) in [5, 5.41) is 0. The minimum Gasteiger partial charge on any atom is -0.466 e. The third kappa shape index (κ3) is 2.12. The molecule has 3 nitrogen and oxygen atoms in total. The fourth-order valence-electron chi connectivity index (χ4n) is 1.48. The maximum absolute atomic E-state index is 5.53. The van der Waals surface area contributed by atoms with Crippen molar-refractivity contribution in [1.82, 2.24) is 5.43 Å². The number of furan rings is 1. The number of nitrogens with one attached hydrogen (secondary N) is 1. The highest BCUT2D eigenvalue weighted by atomic mass is 79.9. The molecule has 0 saturated heterocycles. The van der Waals surface area contributed by atoms with Crippen molar-refractivity contribution in [3.05, 3.63) is 58.5 Å². The normalized spacial score (nSPS) is 12.7. The Balaban J connectivity index is 2.37. The van der Waals surface area contributed by atoms with Gasteiger partial charge in [-0.25, -0.2) is 5.43 Å². The number of hydrogen-bond acceptors (Lipinski definition) is 3. The van der Waals surface area contributed by atoms with Crippen LogP contribution in [0.2, 0.25) is 0 Å². The number of halogens is 1. The van der Waals surface area contributed by atoms with E-state index in [1.54, 1.807) is 6.26 Å². The zero-order valence-corrected chi connectivity index (χ0v) is 9.57. The highest BCUT2D eigenvalue weighted by Gasteiger charge is 2.17. The first-order valence-corrected chi connectivity index (χ1v) is 5.36. The number of hydrazine groups is 1. The Morgan fingerprint density at radius 1 is 1.20 bits per heavy atom. The van der Waals surface area contributed by atoms with Crippen LogP contribution in [0.25, 0.3) is 0 Å². The monoisotopic (exact) mass is 266 g/mol. The lowest BCUT2D eigenvalue weighted by Crippen LogP contribution is -2.28. The summed E-state index contributed by atoms with van der Waals surface area (Å²) >= 11 is 3.42. The van der Waals surface area contributed by atoms with Crippen LogP contribution in [0.15, 0.2) is 51.6 Å². The average Bonchev–Trinajstić information content (AvgIpc) is 2.68. The standard InChI is InChI=1S/C11H11BrN2O/c12-9-6-7-15-11(9)10(14-13)8-4-2-1-3-5-8/h1-7,10,14H,13H2. The molecule has 78 valence electrons. The van der Waals surface area contributed by atoms with Gasteiger partial charge in [0.2, 0.25) is 0 Å². The second kappa shape index (κ2) is 4.61. The third-order valence-corrected chi connectivity index (χ3v) is 2.86. The second-order valence-corrected chi connectivity index (χ2v) is 4.00. The highest BCUT2D eigenvalue weighted by molar-refractivity contribution is 9.10. The molecule has 2 rings (SSSR count). The van der Waals surface area contributed by atoms with E-state index in [4.69, 9.17) is 10.3 Å². The molecule has 1 aromatic heterocycles. The number of hydrogen-bond donors (Lipinski definition) is 2. The van der Waals surface area contributed by atoms with E-state index in [0.717, 1.165) is 15.8 Å². The van der Waals surface area contributed by atoms with Crippen molar-refractivity contribution in [1.29, 1.82) is 0 Å². The summed E-state index contributed by atoms with van der Waals surface area (Å²) in [4.78, 5) is 0. The van der Waals surface area contributed by atoms with Crippen molar-refractivity contribution in [3.63, 3.8) is 0 Å². The van der Waals surface area contributed by atoms with Crippen molar-refractivity contribution in [2.75, 3.05) is 0 Å². The van der Waals surface area contributed by atoms with Gasteiger partial charge in [0.05, 0.1) is 10.7 Å². The fraction of sp³-hybridized carbons (Fsp3) is 0.0909. The number of rotatable bonds is 3. The Labute approximate surface area is 96.4 Å². The van der Waals surface area contributed by atoms with Gasteiger partial charge in [-0.1, -0.05) is 30.3 Å². The highest BCUT2D eigenvalue weighted by Crippen LogP contribution is 2.28. The predicted octanol–water partition coefficient (Wildman–Crippen LogP) is 2.59. The van der Waals surface area contributed by atoms with E-state index in [9.17, 15) is 0 Å². The quantitative estimate of drug-likeness (QED) is 0.663. The van der Waals surface area contributed by atoms with Crippen LogP contribution in [-0.4, -0.2) is 0 Å². The van der Waals surface area contributed by atoms with Gasteiger partial charge >= 0.3 is 0 Å². The zero-order chi connectivity index (χ0) is 10.7. The lowest BCUT2D eigenvalue weighted by molar-refractivity contribution is 0.450. The zero-order valence-electron chi connectivity index (χ0n) is 7.98. The van der Waals surface area contributed by atoms with E-state index in [-0.39, 0.29) is 6.04 Å². The van der Waals surface area contributed by atoms with Crippen molar-refractivity contribution < 1.29 is 4.42 Å². The molecule has 0 bridgehead atoms. The summed E-state index contributed by atoms with van der Waals surface area (Å²) in [5.74, 6) is 6.32. The van der Waals surface area contributed by atoms with Gasteiger partial charge in [-0.2, -0.15) is 0 Å². The molecular formula is C11H11BrN2O. The first kappa shape index (κ1) is 10.4. The molecular weight excluding hydrogens is 256 g/mol. The van der Waals surface area contributed by atoms with Gasteiger partial charge in [-0.3, -0.25) is 5.84 Å². The third-order valence-electron chi connectivity index (χ3n) is 2.21. The van der Waals surface area contributed by atoms with Gasteiger partial charge in [0.25, 0.3) is 0 Å². The van der Waals surface area contributed by atoms with Gasteiger partial charge in [0.15, 0.2) is 0 Å². The van der Waals surface area contributed by atoms with Crippen molar-refractivity contribution in [2.45, 2.75) is 6.04 Å². The Morgan fingerprint density at radius 3 is 2.47 bits per heavy atom. The van der Waals surface area contributed by atoms with Gasteiger partial charge < -0.3 is 4.42 Å². The maximum Gasteiger partial charge on any atom is 0.140 e. The van der Waals surface area contributed by atoms with E-state index in [2.05, 4.69) is 21.4 Å². The van der Waals surface area contributed by atoms with Crippen molar-refractivity contribution in [2.24, 2.45) is 5.84 Å². The molecule has 0 spiro atoms. The predicted molar refractivity (Wildman–Crippen MR) is 62.0 cm³/mol. The Hall–Kier alpha value is -1.10. The Morgan fingerprint density at radius 2 is 1.93 bits per heavy atom. The van der Waals surface area contributed by atoms with Crippen LogP contribution < -0.4 is 11.3 Å². The molecule has 1 aromatic carbocycles. The van der Waals surface area contributed by atoms with Crippen LogP contribution in [-0.2, 0) is 0 Å².